The second-order valence-corrected chi connectivity index (χ2v) is 7.47. The Bertz CT molecular complexity index is 797. The van der Waals surface area contributed by atoms with Crippen molar-refractivity contribution < 1.29 is 4.79 Å². The van der Waals surface area contributed by atoms with Crippen molar-refractivity contribution in [3.8, 4) is 0 Å². The van der Waals surface area contributed by atoms with Crippen LogP contribution < -0.4 is 5.32 Å². The molecule has 2 aliphatic rings. The van der Waals surface area contributed by atoms with E-state index in [1.807, 2.05) is 17.0 Å². The molecule has 1 fully saturated rings. The van der Waals surface area contributed by atoms with Crippen LogP contribution >= 0.6 is 11.6 Å². The number of aryl methyl sites for hydroxylation is 1. The van der Waals surface area contributed by atoms with Gasteiger partial charge >= 0.3 is 0 Å². The standard InChI is InChI=1S/C19H24ClN5O/c20-14-7-8-16(15(12-14)19(26)24-9-4-5-10-24)21-13-18-23-22-17-6-2-1-3-11-25(17)18/h7-8,12,21H,1-6,9-11,13H2. The van der Waals surface area contributed by atoms with E-state index in [4.69, 9.17) is 11.6 Å². The summed E-state index contributed by atoms with van der Waals surface area (Å²) in [5.74, 6) is 2.05. The number of hydrogen-bond donors (Lipinski definition) is 1. The third-order valence-electron chi connectivity index (χ3n) is 5.23. The number of aromatic nitrogens is 3. The molecule has 138 valence electrons. The van der Waals surface area contributed by atoms with E-state index in [1.54, 1.807) is 6.07 Å². The minimum absolute atomic E-state index is 0.0487. The molecule has 1 aromatic carbocycles. The highest BCUT2D eigenvalue weighted by Crippen LogP contribution is 2.25. The third-order valence-corrected chi connectivity index (χ3v) is 5.46. The van der Waals surface area contributed by atoms with Gasteiger partial charge in [0.05, 0.1) is 12.1 Å². The Balaban J connectivity index is 1.53. The molecule has 0 unspecified atom stereocenters. The van der Waals surface area contributed by atoms with Crippen LogP contribution in [0.4, 0.5) is 5.69 Å². The largest absolute Gasteiger partial charge is 0.377 e. The molecule has 6 nitrogen and oxygen atoms in total. The number of anilines is 1. The van der Waals surface area contributed by atoms with Gasteiger partial charge < -0.3 is 14.8 Å². The van der Waals surface area contributed by atoms with Crippen LogP contribution in [-0.4, -0.2) is 38.7 Å². The van der Waals surface area contributed by atoms with Crippen LogP contribution in [-0.2, 0) is 19.5 Å². The van der Waals surface area contributed by atoms with E-state index in [-0.39, 0.29) is 5.91 Å². The molecule has 1 saturated heterocycles. The zero-order valence-electron chi connectivity index (χ0n) is 14.9. The number of likely N-dealkylation sites (tertiary alicyclic amines) is 1. The lowest BCUT2D eigenvalue weighted by molar-refractivity contribution is 0.0793. The Kier molecular flexibility index (Phi) is 5.11. The van der Waals surface area contributed by atoms with Gasteiger partial charge in [-0.25, -0.2) is 0 Å². The quantitative estimate of drug-likeness (QED) is 0.890. The number of hydrogen-bond acceptors (Lipinski definition) is 4. The summed E-state index contributed by atoms with van der Waals surface area (Å²) in [6, 6.07) is 5.45. The summed E-state index contributed by atoms with van der Waals surface area (Å²) in [5.41, 5.74) is 1.44. The zero-order valence-corrected chi connectivity index (χ0v) is 15.6. The molecule has 1 amide bonds. The number of benzene rings is 1. The Morgan fingerprint density at radius 1 is 1.08 bits per heavy atom. The van der Waals surface area contributed by atoms with Gasteiger partial charge in [-0.15, -0.1) is 10.2 Å². The van der Waals surface area contributed by atoms with Crippen LogP contribution in [0.2, 0.25) is 5.02 Å². The van der Waals surface area contributed by atoms with Crippen molar-refractivity contribution in [2.45, 2.75) is 51.6 Å². The maximum Gasteiger partial charge on any atom is 0.256 e. The van der Waals surface area contributed by atoms with E-state index in [9.17, 15) is 4.79 Å². The van der Waals surface area contributed by atoms with Crippen molar-refractivity contribution in [2.24, 2.45) is 0 Å². The van der Waals surface area contributed by atoms with Crippen LogP contribution in [0.15, 0.2) is 18.2 Å². The molecule has 7 heteroatoms. The minimum atomic E-state index is 0.0487. The van der Waals surface area contributed by atoms with Gasteiger partial charge in [-0.2, -0.15) is 0 Å². The van der Waals surface area contributed by atoms with Gasteiger partial charge in [0.1, 0.15) is 5.82 Å². The Morgan fingerprint density at radius 3 is 2.73 bits per heavy atom. The molecule has 1 N–H and O–H groups in total. The van der Waals surface area contributed by atoms with Gasteiger partial charge in [-0.05, 0) is 43.9 Å². The molecule has 0 bridgehead atoms. The minimum Gasteiger partial charge on any atom is -0.377 e. The average Bonchev–Trinajstić information content (AvgIpc) is 3.25. The predicted octanol–water partition coefficient (Wildman–Crippen LogP) is 3.51. The number of nitrogens with zero attached hydrogens (tertiary/aromatic N) is 4. The molecule has 26 heavy (non-hydrogen) atoms. The maximum atomic E-state index is 12.9. The van der Waals surface area contributed by atoms with Crippen molar-refractivity contribution in [3.05, 3.63) is 40.4 Å². The van der Waals surface area contributed by atoms with Gasteiger partial charge in [-0.1, -0.05) is 18.0 Å². The number of carbonyl (C=O) groups excluding carboxylic acids is 1. The van der Waals surface area contributed by atoms with Crippen molar-refractivity contribution >= 4 is 23.2 Å². The third kappa shape index (κ3) is 3.56. The van der Waals surface area contributed by atoms with E-state index in [0.717, 1.165) is 62.7 Å². The van der Waals surface area contributed by atoms with E-state index < -0.39 is 0 Å². The normalized spacial score (nSPS) is 17.0. The summed E-state index contributed by atoms with van der Waals surface area (Å²) in [7, 11) is 0. The van der Waals surface area contributed by atoms with Gasteiger partial charge in [-0.3, -0.25) is 4.79 Å². The van der Waals surface area contributed by atoms with Gasteiger partial charge in [0.25, 0.3) is 5.91 Å². The second-order valence-electron chi connectivity index (χ2n) is 7.04. The summed E-state index contributed by atoms with van der Waals surface area (Å²) in [6.07, 6.45) is 6.71. The monoisotopic (exact) mass is 373 g/mol. The topological polar surface area (TPSA) is 63.1 Å². The van der Waals surface area contributed by atoms with E-state index in [2.05, 4.69) is 20.1 Å². The Hall–Kier alpha value is -2.08. The molecule has 0 atom stereocenters. The van der Waals surface area contributed by atoms with E-state index in [0.29, 0.717) is 17.1 Å². The highest BCUT2D eigenvalue weighted by Gasteiger charge is 2.22. The number of halogens is 1. The zero-order chi connectivity index (χ0) is 17.9. The van der Waals surface area contributed by atoms with E-state index in [1.165, 1.54) is 12.8 Å². The van der Waals surface area contributed by atoms with Crippen LogP contribution in [0.5, 0.6) is 0 Å². The number of nitrogens with one attached hydrogen (secondary N) is 1. The first-order valence-electron chi connectivity index (χ1n) is 9.46. The lowest BCUT2D eigenvalue weighted by Crippen LogP contribution is -2.28. The number of amides is 1. The van der Waals surface area contributed by atoms with Gasteiger partial charge in [0, 0.05) is 36.8 Å². The SMILES string of the molecule is O=C(c1cc(Cl)ccc1NCc1nnc2n1CCCCC2)N1CCCC1. The first-order chi connectivity index (χ1) is 12.7. The van der Waals surface area contributed by atoms with Gasteiger partial charge in [0.15, 0.2) is 5.82 Å². The lowest BCUT2D eigenvalue weighted by Gasteiger charge is -2.18. The fourth-order valence-corrected chi connectivity index (χ4v) is 3.96. The molecule has 0 spiro atoms. The number of fused-ring (bicyclic) bond motifs is 1. The fourth-order valence-electron chi connectivity index (χ4n) is 3.79. The van der Waals surface area contributed by atoms with Gasteiger partial charge in [0.2, 0.25) is 0 Å². The Labute approximate surface area is 158 Å². The average molecular weight is 374 g/mol. The van der Waals surface area contributed by atoms with Crippen molar-refractivity contribution in [1.82, 2.24) is 19.7 Å². The maximum absolute atomic E-state index is 12.9. The number of carbonyl (C=O) groups is 1. The van der Waals surface area contributed by atoms with Crippen molar-refractivity contribution in [2.75, 3.05) is 18.4 Å². The second kappa shape index (κ2) is 7.66. The summed E-state index contributed by atoms with van der Waals surface area (Å²) in [6.45, 7) is 3.17. The summed E-state index contributed by atoms with van der Waals surface area (Å²) in [4.78, 5) is 14.8. The highest BCUT2D eigenvalue weighted by molar-refractivity contribution is 6.31. The summed E-state index contributed by atoms with van der Waals surface area (Å²) < 4.78 is 2.22. The van der Waals surface area contributed by atoms with Crippen molar-refractivity contribution in [3.63, 3.8) is 0 Å². The Morgan fingerprint density at radius 2 is 1.88 bits per heavy atom. The van der Waals surface area contributed by atoms with Crippen LogP contribution in [0.1, 0.15) is 54.1 Å². The molecular weight excluding hydrogens is 350 g/mol. The molecule has 0 aliphatic carbocycles. The van der Waals surface area contributed by atoms with Crippen LogP contribution in [0.3, 0.4) is 0 Å². The predicted molar refractivity (Wildman–Crippen MR) is 101 cm³/mol. The van der Waals surface area contributed by atoms with Crippen molar-refractivity contribution in [1.29, 1.82) is 0 Å². The summed E-state index contributed by atoms with van der Waals surface area (Å²) in [5, 5.41) is 12.7. The molecule has 1 aromatic heterocycles. The van der Waals surface area contributed by atoms with E-state index >= 15 is 0 Å². The first kappa shape index (κ1) is 17.3. The molecular formula is C19H24ClN5O. The molecule has 0 radical (unpaired) electrons. The number of rotatable bonds is 4. The molecule has 0 saturated carbocycles. The lowest BCUT2D eigenvalue weighted by atomic mass is 10.1. The fraction of sp³-hybridized carbons (Fsp3) is 0.526. The summed E-state index contributed by atoms with van der Waals surface area (Å²) >= 11 is 6.16. The molecule has 2 aliphatic heterocycles. The first-order valence-corrected chi connectivity index (χ1v) is 9.84. The molecule has 2 aromatic rings. The smallest absolute Gasteiger partial charge is 0.256 e. The van der Waals surface area contributed by atoms with Crippen LogP contribution in [0.25, 0.3) is 0 Å². The highest BCUT2D eigenvalue weighted by atomic mass is 35.5. The molecule has 3 heterocycles. The molecule has 4 rings (SSSR count). The van der Waals surface area contributed by atoms with Crippen LogP contribution in [0, 0.1) is 0 Å².